The van der Waals surface area contributed by atoms with Crippen molar-refractivity contribution >= 4 is 5.91 Å². The van der Waals surface area contributed by atoms with Crippen molar-refractivity contribution in [2.45, 2.75) is 44.6 Å². The van der Waals surface area contributed by atoms with Crippen LogP contribution >= 0.6 is 0 Å². The zero-order chi connectivity index (χ0) is 14.8. The van der Waals surface area contributed by atoms with E-state index in [0.29, 0.717) is 6.42 Å². The molecule has 2 N–H and O–H groups in total. The van der Waals surface area contributed by atoms with Gasteiger partial charge < -0.3 is 10.4 Å². The third-order valence-corrected chi connectivity index (χ3v) is 4.27. The van der Waals surface area contributed by atoms with Gasteiger partial charge in [-0.1, -0.05) is 19.1 Å². The molecule has 1 aromatic carbocycles. The third-order valence-electron chi connectivity index (χ3n) is 4.27. The highest BCUT2D eigenvalue weighted by atomic mass is 19.1. The number of halogens is 1. The van der Waals surface area contributed by atoms with Gasteiger partial charge in [-0.05, 0) is 49.8 Å². The Morgan fingerprint density at radius 2 is 2.30 bits per heavy atom. The standard InChI is InChI=1S/C16H22FNO2/c1-3-16(2,7-8-19)18-15(20)14-10-13(14)11-5-4-6-12(17)9-11/h4-6,9,13-14,19H,3,7-8,10H2,1-2H3,(H,18,20). The smallest absolute Gasteiger partial charge is 0.224 e. The summed E-state index contributed by atoms with van der Waals surface area (Å²) in [6.07, 6.45) is 2.09. The summed E-state index contributed by atoms with van der Waals surface area (Å²) in [6, 6.07) is 6.47. The Morgan fingerprint density at radius 1 is 1.55 bits per heavy atom. The normalized spacial score (nSPS) is 24.0. The first-order valence-corrected chi connectivity index (χ1v) is 7.17. The predicted octanol–water partition coefficient (Wildman–Crippen LogP) is 2.60. The van der Waals surface area contributed by atoms with Crippen molar-refractivity contribution in [3.63, 3.8) is 0 Å². The first-order valence-electron chi connectivity index (χ1n) is 7.17. The SMILES string of the molecule is CCC(C)(CCO)NC(=O)C1CC1c1cccc(F)c1. The largest absolute Gasteiger partial charge is 0.396 e. The number of hydrogen-bond donors (Lipinski definition) is 2. The number of carbonyl (C=O) groups excluding carboxylic acids is 1. The van der Waals surface area contributed by atoms with E-state index in [1.54, 1.807) is 6.07 Å². The van der Waals surface area contributed by atoms with Crippen molar-refractivity contribution in [1.82, 2.24) is 5.32 Å². The van der Waals surface area contributed by atoms with Crippen LogP contribution in [0.2, 0.25) is 0 Å². The molecule has 1 fully saturated rings. The Kier molecular flexibility index (Phi) is 4.43. The van der Waals surface area contributed by atoms with E-state index in [0.717, 1.165) is 18.4 Å². The summed E-state index contributed by atoms with van der Waals surface area (Å²) in [4.78, 5) is 12.2. The zero-order valence-electron chi connectivity index (χ0n) is 12.0. The molecule has 1 aliphatic carbocycles. The molecule has 0 aliphatic heterocycles. The first kappa shape index (κ1) is 15.0. The van der Waals surface area contributed by atoms with Crippen LogP contribution in [0.15, 0.2) is 24.3 Å². The number of benzene rings is 1. The van der Waals surface area contributed by atoms with Gasteiger partial charge in [0.15, 0.2) is 0 Å². The number of amides is 1. The molecule has 1 aromatic rings. The first-order chi connectivity index (χ1) is 9.49. The van der Waals surface area contributed by atoms with Crippen LogP contribution in [0.1, 0.15) is 44.6 Å². The van der Waals surface area contributed by atoms with Gasteiger partial charge in [-0.15, -0.1) is 0 Å². The molecule has 20 heavy (non-hydrogen) atoms. The van der Waals surface area contributed by atoms with Crippen molar-refractivity contribution in [2.24, 2.45) is 5.92 Å². The summed E-state index contributed by atoms with van der Waals surface area (Å²) in [5.41, 5.74) is 0.534. The second-order valence-corrected chi connectivity index (χ2v) is 5.88. The molecule has 4 heteroatoms. The predicted molar refractivity (Wildman–Crippen MR) is 75.8 cm³/mol. The van der Waals surface area contributed by atoms with Crippen LogP contribution in [-0.4, -0.2) is 23.2 Å². The Balaban J connectivity index is 1.96. The molecule has 0 bridgehead atoms. The number of hydrogen-bond acceptors (Lipinski definition) is 2. The van der Waals surface area contributed by atoms with Gasteiger partial charge in [0.1, 0.15) is 5.82 Å². The summed E-state index contributed by atoms with van der Waals surface area (Å²) >= 11 is 0. The topological polar surface area (TPSA) is 49.3 Å². The minimum absolute atomic E-state index is 0.0112. The van der Waals surface area contributed by atoms with Gasteiger partial charge >= 0.3 is 0 Å². The molecular formula is C16H22FNO2. The molecule has 0 heterocycles. The summed E-state index contributed by atoms with van der Waals surface area (Å²) < 4.78 is 13.2. The maximum Gasteiger partial charge on any atom is 0.224 e. The van der Waals surface area contributed by atoms with Gasteiger partial charge in [-0.3, -0.25) is 4.79 Å². The lowest BCUT2D eigenvalue weighted by Crippen LogP contribution is -2.47. The minimum Gasteiger partial charge on any atom is -0.396 e. The summed E-state index contributed by atoms with van der Waals surface area (Å²) in [5, 5.41) is 12.1. The monoisotopic (exact) mass is 279 g/mol. The Labute approximate surface area is 119 Å². The Bertz CT molecular complexity index is 491. The quantitative estimate of drug-likeness (QED) is 0.841. The van der Waals surface area contributed by atoms with Gasteiger partial charge in [0.05, 0.1) is 0 Å². The molecule has 3 unspecified atom stereocenters. The lowest BCUT2D eigenvalue weighted by molar-refractivity contribution is -0.124. The van der Waals surface area contributed by atoms with Crippen LogP contribution in [0.5, 0.6) is 0 Å². The van der Waals surface area contributed by atoms with Gasteiger partial charge in [0.25, 0.3) is 0 Å². The molecule has 0 saturated heterocycles. The molecule has 3 nitrogen and oxygen atoms in total. The van der Waals surface area contributed by atoms with E-state index < -0.39 is 0 Å². The summed E-state index contributed by atoms with van der Waals surface area (Å²) in [7, 11) is 0. The second kappa shape index (κ2) is 5.92. The number of aliphatic hydroxyl groups is 1. The van der Waals surface area contributed by atoms with E-state index in [1.165, 1.54) is 12.1 Å². The highest BCUT2D eigenvalue weighted by molar-refractivity contribution is 5.83. The van der Waals surface area contributed by atoms with Crippen molar-refractivity contribution in [2.75, 3.05) is 6.61 Å². The molecule has 3 atom stereocenters. The molecule has 2 rings (SSSR count). The molecule has 1 aliphatic rings. The van der Waals surface area contributed by atoms with E-state index in [-0.39, 0.29) is 35.7 Å². The minimum atomic E-state index is -0.360. The zero-order valence-corrected chi connectivity index (χ0v) is 12.0. The average Bonchev–Trinajstić information content (AvgIpc) is 3.19. The fourth-order valence-electron chi connectivity index (χ4n) is 2.55. The van der Waals surface area contributed by atoms with Gasteiger partial charge in [-0.25, -0.2) is 4.39 Å². The van der Waals surface area contributed by atoms with E-state index in [9.17, 15) is 9.18 Å². The van der Waals surface area contributed by atoms with Crippen LogP contribution in [0, 0.1) is 11.7 Å². The maximum absolute atomic E-state index is 13.2. The lowest BCUT2D eigenvalue weighted by atomic mass is 9.94. The Hall–Kier alpha value is -1.42. The van der Waals surface area contributed by atoms with E-state index in [2.05, 4.69) is 5.32 Å². The van der Waals surface area contributed by atoms with E-state index in [1.807, 2.05) is 19.9 Å². The molecule has 0 aromatic heterocycles. The highest BCUT2D eigenvalue weighted by Gasteiger charge is 2.45. The maximum atomic E-state index is 13.2. The molecule has 110 valence electrons. The van der Waals surface area contributed by atoms with Crippen molar-refractivity contribution in [1.29, 1.82) is 0 Å². The fourth-order valence-corrected chi connectivity index (χ4v) is 2.55. The second-order valence-electron chi connectivity index (χ2n) is 5.88. The van der Waals surface area contributed by atoms with Gasteiger partial charge in [0.2, 0.25) is 5.91 Å². The van der Waals surface area contributed by atoms with Crippen LogP contribution in [0.3, 0.4) is 0 Å². The molecule has 1 amide bonds. The van der Waals surface area contributed by atoms with E-state index in [4.69, 9.17) is 5.11 Å². The highest BCUT2D eigenvalue weighted by Crippen LogP contribution is 2.47. The van der Waals surface area contributed by atoms with Crippen molar-refractivity contribution in [3.05, 3.63) is 35.6 Å². The Morgan fingerprint density at radius 3 is 2.90 bits per heavy atom. The lowest BCUT2D eigenvalue weighted by Gasteiger charge is -2.29. The molecule has 0 radical (unpaired) electrons. The van der Waals surface area contributed by atoms with Gasteiger partial charge in [0, 0.05) is 18.1 Å². The molecule has 1 saturated carbocycles. The fraction of sp³-hybridized carbons (Fsp3) is 0.562. The van der Waals surface area contributed by atoms with Crippen LogP contribution in [0.25, 0.3) is 0 Å². The van der Waals surface area contributed by atoms with Gasteiger partial charge in [-0.2, -0.15) is 0 Å². The van der Waals surface area contributed by atoms with Crippen molar-refractivity contribution in [3.8, 4) is 0 Å². The van der Waals surface area contributed by atoms with E-state index >= 15 is 0 Å². The van der Waals surface area contributed by atoms with Crippen LogP contribution in [-0.2, 0) is 4.79 Å². The number of rotatable bonds is 6. The molecule has 0 spiro atoms. The number of nitrogens with one attached hydrogen (secondary N) is 1. The molecular weight excluding hydrogens is 257 g/mol. The number of carbonyl (C=O) groups is 1. The average molecular weight is 279 g/mol. The summed E-state index contributed by atoms with van der Waals surface area (Å²) in [5.74, 6) is -0.188. The third kappa shape index (κ3) is 3.37. The number of aliphatic hydroxyl groups excluding tert-OH is 1. The van der Waals surface area contributed by atoms with Crippen LogP contribution in [0.4, 0.5) is 4.39 Å². The van der Waals surface area contributed by atoms with Crippen molar-refractivity contribution < 1.29 is 14.3 Å². The van der Waals surface area contributed by atoms with Crippen LogP contribution < -0.4 is 5.32 Å². The summed E-state index contributed by atoms with van der Waals surface area (Å²) in [6.45, 7) is 4.00.